The zero-order valence-corrected chi connectivity index (χ0v) is 15.7. The highest BCUT2D eigenvalue weighted by molar-refractivity contribution is 9.10. The number of nitrogens with two attached hydrogens (primary N) is 1. The van der Waals surface area contributed by atoms with Gasteiger partial charge >= 0.3 is 0 Å². The number of anilines is 1. The summed E-state index contributed by atoms with van der Waals surface area (Å²) in [5, 5.41) is 13.2. The Balaban J connectivity index is 2.04. The van der Waals surface area contributed by atoms with Crippen LogP contribution in [0.2, 0.25) is 0 Å². The van der Waals surface area contributed by atoms with Crippen LogP contribution in [-0.2, 0) is 14.9 Å². The Morgan fingerprint density at radius 1 is 1.36 bits per heavy atom. The van der Waals surface area contributed by atoms with Crippen LogP contribution in [0, 0.1) is 16.7 Å². The lowest BCUT2D eigenvalue weighted by molar-refractivity contribution is -0.119. The zero-order valence-electron chi connectivity index (χ0n) is 14.1. The Morgan fingerprint density at radius 2 is 2.12 bits per heavy atom. The number of ether oxygens (including phenoxy) is 1. The number of carbonyl (C=O) groups is 1. The van der Waals surface area contributed by atoms with Crippen LogP contribution in [0.5, 0.6) is 0 Å². The molecular formula is C19H18BrN3O2. The first kappa shape index (κ1) is 16.2. The molecule has 128 valence electrons. The Bertz CT molecular complexity index is 923. The normalized spacial score (nSPS) is 26.7. The van der Waals surface area contributed by atoms with Crippen LogP contribution in [0.3, 0.4) is 0 Å². The van der Waals surface area contributed by atoms with Crippen molar-refractivity contribution < 1.29 is 9.53 Å². The molecular weight excluding hydrogens is 382 g/mol. The van der Waals surface area contributed by atoms with Gasteiger partial charge in [0.15, 0.2) is 5.78 Å². The van der Waals surface area contributed by atoms with Crippen LogP contribution in [0.15, 0.2) is 45.5 Å². The van der Waals surface area contributed by atoms with Crippen molar-refractivity contribution in [2.24, 2.45) is 11.1 Å². The van der Waals surface area contributed by atoms with Crippen LogP contribution in [-0.4, -0.2) is 12.3 Å². The third-order valence-corrected chi connectivity index (χ3v) is 5.76. The van der Waals surface area contributed by atoms with E-state index in [4.69, 9.17) is 10.5 Å². The summed E-state index contributed by atoms with van der Waals surface area (Å²) >= 11 is 3.50. The zero-order chi connectivity index (χ0) is 18.0. The number of Topliss-reactive ketones (excluding diaryl/α,β-unsaturated/α-hetero) is 1. The van der Waals surface area contributed by atoms with Gasteiger partial charge < -0.3 is 15.8 Å². The highest BCUT2D eigenvalue weighted by atomic mass is 79.9. The number of fused-ring (bicyclic) bond motifs is 3. The maximum atomic E-state index is 13.1. The molecule has 4 rings (SSSR count). The molecule has 3 aliphatic rings. The Hall–Kier alpha value is -2.26. The summed E-state index contributed by atoms with van der Waals surface area (Å²) in [5.74, 6) is 0.731. The predicted molar refractivity (Wildman–Crippen MR) is 97.3 cm³/mol. The van der Waals surface area contributed by atoms with Gasteiger partial charge in [0.1, 0.15) is 17.4 Å². The summed E-state index contributed by atoms with van der Waals surface area (Å²) in [4.78, 5) is 13.1. The number of ketones is 1. The lowest BCUT2D eigenvalue weighted by atomic mass is 9.62. The number of nitrogens with zero attached hydrogens (tertiary/aromatic N) is 1. The monoisotopic (exact) mass is 399 g/mol. The molecule has 0 saturated heterocycles. The lowest BCUT2D eigenvalue weighted by Crippen LogP contribution is -2.45. The van der Waals surface area contributed by atoms with Gasteiger partial charge in [0, 0.05) is 29.5 Å². The second kappa shape index (κ2) is 5.12. The second-order valence-electron chi connectivity index (χ2n) is 7.64. The first-order chi connectivity index (χ1) is 11.8. The van der Waals surface area contributed by atoms with E-state index >= 15 is 0 Å². The fraction of sp³-hybridized carbons (Fsp3) is 0.368. The van der Waals surface area contributed by atoms with Crippen molar-refractivity contribution in [2.45, 2.75) is 32.1 Å². The molecule has 0 aromatic heterocycles. The third-order valence-electron chi connectivity index (χ3n) is 5.27. The van der Waals surface area contributed by atoms with Gasteiger partial charge in [0.25, 0.3) is 0 Å². The van der Waals surface area contributed by atoms with Crippen LogP contribution in [0.1, 0.15) is 32.3 Å². The van der Waals surface area contributed by atoms with Crippen molar-refractivity contribution in [2.75, 3.05) is 11.9 Å². The number of nitriles is 1. The fourth-order valence-electron chi connectivity index (χ4n) is 4.29. The molecule has 3 N–H and O–H groups in total. The first-order valence-corrected chi connectivity index (χ1v) is 8.97. The molecule has 2 heterocycles. The van der Waals surface area contributed by atoms with Gasteiger partial charge in [-0.3, -0.25) is 4.79 Å². The van der Waals surface area contributed by atoms with Crippen molar-refractivity contribution in [1.29, 1.82) is 5.26 Å². The van der Waals surface area contributed by atoms with E-state index in [1.807, 2.05) is 32.0 Å². The molecule has 0 fully saturated rings. The standard InChI is InChI=1S/C19H18BrN3O2/c1-18(2)6-14(24)16-15(7-18)25-17(22)12(8-21)19(16)9-23-13-4-3-10(20)5-11(13)19/h3-5,23H,6-7,9,22H2,1-2H3. The van der Waals surface area contributed by atoms with E-state index in [1.165, 1.54) is 0 Å². The lowest BCUT2D eigenvalue weighted by Gasteiger charge is -2.42. The van der Waals surface area contributed by atoms with Crippen molar-refractivity contribution in [3.8, 4) is 6.07 Å². The second-order valence-corrected chi connectivity index (χ2v) is 8.56. The Morgan fingerprint density at radius 3 is 2.84 bits per heavy atom. The van der Waals surface area contributed by atoms with E-state index in [2.05, 4.69) is 27.3 Å². The Kier molecular flexibility index (Phi) is 3.32. The van der Waals surface area contributed by atoms with E-state index < -0.39 is 5.41 Å². The molecule has 1 aromatic carbocycles. The topological polar surface area (TPSA) is 88.1 Å². The molecule has 0 radical (unpaired) electrons. The molecule has 0 amide bonds. The average Bonchev–Trinajstić information content (AvgIpc) is 2.85. The maximum absolute atomic E-state index is 13.1. The molecule has 1 atom stereocenters. The summed E-state index contributed by atoms with van der Waals surface area (Å²) in [6.07, 6.45) is 1.05. The van der Waals surface area contributed by atoms with Gasteiger partial charge in [-0.15, -0.1) is 0 Å². The molecule has 0 saturated carbocycles. The molecule has 1 aromatic rings. The number of hydrogen-bond donors (Lipinski definition) is 2. The molecule has 1 aliphatic carbocycles. The van der Waals surface area contributed by atoms with E-state index in [-0.39, 0.29) is 17.1 Å². The number of rotatable bonds is 0. The minimum atomic E-state index is -0.876. The van der Waals surface area contributed by atoms with Crippen molar-refractivity contribution >= 4 is 27.4 Å². The van der Waals surface area contributed by atoms with E-state index in [9.17, 15) is 10.1 Å². The average molecular weight is 400 g/mol. The smallest absolute Gasteiger partial charge is 0.205 e. The first-order valence-electron chi connectivity index (χ1n) is 8.17. The number of halogens is 1. The molecule has 1 spiro atoms. The predicted octanol–water partition coefficient (Wildman–Crippen LogP) is 3.48. The summed E-state index contributed by atoms with van der Waals surface area (Å²) in [7, 11) is 0. The van der Waals surface area contributed by atoms with E-state index in [1.54, 1.807) is 0 Å². The van der Waals surface area contributed by atoms with Gasteiger partial charge in [0.05, 0.1) is 11.0 Å². The van der Waals surface area contributed by atoms with Gasteiger partial charge in [-0.25, -0.2) is 0 Å². The van der Waals surface area contributed by atoms with Crippen LogP contribution in [0.4, 0.5) is 5.69 Å². The molecule has 6 heteroatoms. The van der Waals surface area contributed by atoms with Crippen molar-refractivity contribution in [3.05, 3.63) is 51.0 Å². The fourth-order valence-corrected chi connectivity index (χ4v) is 4.65. The largest absolute Gasteiger partial charge is 0.444 e. The van der Waals surface area contributed by atoms with Crippen LogP contribution >= 0.6 is 15.9 Å². The van der Waals surface area contributed by atoms with Gasteiger partial charge in [-0.1, -0.05) is 29.8 Å². The number of benzene rings is 1. The van der Waals surface area contributed by atoms with Gasteiger partial charge in [-0.05, 0) is 29.2 Å². The van der Waals surface area contributed by atoms with Crippen molar-refractivity contribution in [3.63, 3.8) is 0 Å². The summed E-state index contributed by atoms with van der Waals surface area (Å²) in [5.41, 5.74) is 7.77. The molecule has 1 unspecified atom stereocenters. The highest BCUT2D eigenvalue weighted by Crippen LogP contribution is 2.55. The van der Waals surface area contributed by atoms with Crippen LogP contribution in [0.25, 0.3) is 0 Å². The molecule has 25 heavy (non-hydrogen) atoms. The minimum Gasteiger partial charge on any atom is -0.444 e. The maximum Gasteiger partial charge on any atom is 0.205 e. The highest BCUT2D eigenvalue weighted by Gasteiger charge is 2.55. The third kappa shape index (κ3) is 2.15. The van der Waals surface area contributed by atoms with Gasteiger partial charge in [-0.2, -0.15) is 5.26 Å². The molecule has 5 nitrogen and oxygen atoms in total. The Labute approximate surface area is 154 Å². The number of hydrogen-bond acceptors (Lipinski definition) is 5. The van der Waals surface area contributed by atoms with E-state index in [0.29, 0.717) is 36.3 Å². The minimum absolute atomic E-state index is 0.0288. The number of nitrogens with one attached hydrogen (secondary N) is 1. The molecule has 0 bridgehead atoms. The summed E-state index contributed by atoms with van der Waals surface area (Å²) < 4.78 is 6.68. The number of carbonyl (C=O) groups excluding carboxylic acids is 1. The van der Waals surface area contributed by atoms with E-state index in [0.717, 1.165) is 15.7 Å². The van der Waals surface area contributed by atoms with Crippen molar-refractivity contribution in [1.82, 2.24) is 0 Å². The summed E-state index contributed by atoms with van der Waals surface area (Å²) in [6, 6.07) is 8.06. The quantitative estimate of drug-likeness (QED) is 0.696. The molecule has 2 aliphatic heterocycles. The summed E-state index contributed by atoms with van der Waals surface area (Å²) in [6.45, 7) is 4.51. The van der Waals surface area contributed by atoms with Gasteiger partial charge in [0.2, 0.25) is 5.88 Å². The SMILES string of the molecule is CC1(C)CC(=O)C2=C(C1)OC(N)=C(C#N)C21CNc2ccc(Br)cc21. The number of allylic oxidation sites excluding steroid dienone is 1. The van der Waals surface area contributed by atoms with Crippen LogP contribution < -0.4 is 11.1 Å².